The molecule has 5 nitrogen and oxygen atoms in total. The second-order valence-electron chi connectivity index (χ2n) is 5.18. The molecule has 0 heterocycles. The van der Waals surface area contributed by atoms with Crippen molar-refractivity contribution in [2.75, 3.05) is 6.61 Å². The molecule has 25 heavy (non-hydrogen) atoms. The average Bonchev–Trinajstić information content (AvgIpc) is 2.58. The molecule has 2 rings (SSSR count). The Morgan fingerprint density at radius 2 is 2.12 bits per heavy atom. The van der Waals surface area contributed by atoms with Gasteiger partial charge in [0.2, 0.25) is 0 Å². The van der Waals surface area contributed by atoms with E-state index < -0.39 is 5.97 Å². The van der Waals surface area contributed by atoms with Gasteiger partial charge in [-0.15, -0.1) is 6.58 Å². The number of ether oxygens (including phenoxy) is 1. The number of aliphatic imine (C=N–C) groups is 1. The number of carboxylic acids is 1. The molecule has 0 saturated carbocycles. The lowest BCUT2D eigenvalue weighted by Gasteiger charge is -2.11. The van der Waals surface area contributed by atoms with Crippen LogP contribution in [0.5, 0.6) is 11.5 Å². The Labute approximate surface area is 150 Å². The topological polar surface area (TPSA) is 79.1 Å². The molecule has 0 spiro atoms. The normalized spacial score (nSPS) is 10.8. The van der Waals surface area contributed by atoms with E-state index in [2.05, 4.69) is 11.6 Å². The van der Waals surface area contributed by atoms with Crippen LogP contribution in [0.2, 0.25) is 5.02 Å². The molecule has 0 aliphatic carbocycles. The second kappa shape index (κ2) is 8.35. The number of rotatable bonds is 7. The molecule has 0 aromatic heterocycles. The highest BCUT2D eigenvalue weighted by molar-refractivity contribution is 6.33. The molecule has 0 atom stereocenters. The Morgan fingerprint density at radius 3 is 2.76 bits per heavy atom. The number of nitrogens with zero attached hydrogens (tertiary/aromatic N) is 1. The van der Waals surface area contributed by atoms with Gasteiger partial charge in [0.1, 0.15) is 0 Å². The summed E-state index contributed by atoms with van der Waals surface area (Å²) in [4.78, 5) is 15.3. The van der Waals surface area contributed by atoms with E-state index in [1.807, 2.05) is 6.92 Å². The molecular weight excluding hydrogens is 342 g/mol. The number of phenols is 1. The fourth-order valence-corrected chi connectivity index (χ4v) is 2.40. The predicted octanol–water partition coefficient (Wildman–Crippen LogP) is 4.62. The van der Waals surface area contributed by atoms with Crippen molar-refractivity contribution in [3.63, 3.8) is 0 Å². The van der Waals surface area contributed by atoms with Gasteiger partial charge in [0, 0.05) is 11.8 Å². The highest BCUT2D eigenvalue weighted by Crippen LogP contribution is 2.32. The minimum atomic E-state index is -1.05. The maximum absolute atomic E-state index is 11.1. The van der Waals surface area contributed by atoms with Gasteiger partial charge in [-0.05, 0) is 49.2 Å². The smallest absolute Gasteiger partial charge is 0.335 e. The fraction of sp³-hybridized carbons (Fsp3) is 0.158. The Kier molecular flexibility index (Phi) is 6.19. The fourth-order valence-electron chi connectivity index (χ4n) is 2.23. The molecule has 0 unspecified atom stereocenters. The number of benzene rings is 2. The van der Waals surface area contributed by atoms with Gasteiger partial charge >= 0.3 is 5.97 Å². The Bertz CT molecular complexity index is 830. The van der Waals surface area contributed by atoms with Gasteiger partial charge < -0.3 is 14.9 Å². The van der Waals surface area contributed by atoms with Crippen LogP contribution in [0, 0.1) is 0 Å². The standard InChI is InChI=1S/C19H18ClNO4/c1-3-5-13-8-12(9-17(18(13)22)25-4-2)11-21-16-10-14(19(23)24)6-7-15(16)20/h3,6-11,22H,1,4-5H2,2H3,(H,23,24). The van der Waals surface area contributed by atoms with Crippen LogP contribution in [0.25, 0.3) is 0 Å². The van der Waals surface area contributed by atoms with E-state index in [4.69, 9.17) is 21.4 Å². The molecule has 2 N–H and O–H groups in total. The third-order valence-corrected chi connectivity index (χ3v) is 3.71. The first-order chi connectivity index (χ1) is 12.0. The molecular formula is C19H18ClNO4. The average molecular weight is 360 g/mol. The molecule has 0 saturated heterocycles. The quantitative estimate of drug-likeness (QED) is 0.558. The summed E-state index contributed by atoms with van der Waals surface area (Å²) in [6.45, 7) is 5.91. The Balaban J connectivity index is 2.42. The highest BCUT2D eigenvalue weighted by Gasteiger charge is 2.10. The van der Waals surface area contributed by atoms with Crippen LogP contribution < -0.4 is 4.74 Å². The maximum atomic E-state index is 11.1. The van der Waals surface area contributed by atoms with Crippen molar-refractivity contribution >= 4 is 29.5 Å². The molecule has 0 radical (unpaired) electrons. The number of aromatic hydroxyl groups is 1. The molecule has 0 aliphatic rings. The lowest BCUT2D eigenvalue weighted by molar-refractivity contribution is 0.0697. The van der Waals surface area contributed by atoms with Gasteiger partial charge in [-0.2, -0.15) is 0 Å². The summed E-state index contributed by atoms with van der Waals surface area (Å²) >= 11 is 6.07. The van der Waals surface area contributed by atoms with Crippen LogP contribution in [-0.4, -0.2) is 29.0 Å². The zero-order chi connectivity index (χ0) is 18.4. The van der Waals surface area contributed by atoms with Gasteiger partial charge in [-0.3, -0.25) is 4.99 Å². The van der Waals surface area contributed by atoms with E-state index in [9.17, 15) is 9.90 Å². The van der Waals surface area contributed by atoms with E-state index in [0.29, 0.717) is 40.6 Å². The van der Waals surface area contributed by atoms with Crippen molar-refractivity contribution in [2.45, 2.75) is 13.3 Å². The van der Waals surface area contributed by atoms with Crippen LogP contribution in [0.1, 0.15) is 28.4 Å². The third kappa shape index (κ3) is 4.61. The molecule has 0 amide bonds. The predicted molar refractivity (Wildman–Crippen MR) is 98.8 cm³/mol. The zero-order valence-electron chi connectivity index (χ0n) is 13.7. The lowest BCUT2D eigenvalue weighted by Crippen LogP contribution is -1.97. The molecule has 0 fully saturated rings. The number of hydrogen-bond acceptors (Lipinski definition) is 4. The van der Waals surface area contributed by atoms with Crippen LogP contribution in [0.4, 0.5) is 5.69 Å². The molecule has 130 valence electrons. The summed E-state index contributed by atoms with van der Waals surface area (Å²) in [6.07, 6.45) is 3.70. The summed E-state index contributed by atoms with van der Waals surface area (Å²) in [5, 5.41) is 19.6. The number of allylic oxidation sites excluding steroid dienone is 1. The number of carbonyl (C=O) groups is 1. The summed E-state index contributed by atoms with van der Waals surface area (Å²) in [6, 6.07) is 7.72. The number of aromatic carboxylic acids is 1. The van der Waals surface area contributed by atoms with Crippen LogP contribution in [-0.2, 0) is 6.42 Å². The third-order valence-electron chi connectivity index (χ3n) is 3.39. The van der Waals surface area contributed by atoms with Crippen molar-refractivity contribution in [1.29, 1.82) is 0 Å². The van der Waals surface area contributed by atoms with Crippen molar-refractivity contribution in [2.24, 2.45) is 4.99 Å². The Morgan fingerprint density at radius 1 is 1.36 bits per heavy atom. The van der Waals surface area contributed by atoms with Gasteiger partial charge in [0.25, 0.3) is 0 Å². The summed E-state index contributed by atoms with van der Waals surface area (Å²) in [7, 11) is 0. The molecule has 2 aromatic rings. The molecule has 0 bridgehead atoms. The highest BCUT2D eigenvalue weighted by atomic mass is 35.5. The van der Waals surface area contributed by atoms with Gasteiger partial charge in [-0.25, -0.2) is 4.79 Å². The van der Waals surface area contributed by atoms with Crippen molar-refractivity contribution in [1.82, 2.24) is 0 Å². The number of hydrogen-bond donors (Lipinski definition) is 2. The summed E-state index contributed by atoms with van der Waals surface area (Å²) in [5.74, 6) is -0.622. The van der Waals surface area contributed by atoms with Gasteiger partial charge in [0.05, 0.1) is 22.9 Å². The molecule has 2 aromatic carbocycles. The number of halogens is 1. The van der Waals surface area contributed by atoms with Crippen molar-refractivity contribution < 1.29 is 19.7 Å². The first kappa shape index (κ1) is 18.5. The van der Waals surface area contributed by atoms with Crippen LogP contribution in [0.3, 0.4) is 0 Å². The minimum Gasteiger partial charge on any atom is -0.504 e. The van der Waals surface area contributed by atoms with Crippen LogP contribution >= 0.6 is 11.6 Å². The SMILES string of the molecule is C=CCc1cc(C=Nc2cc(C(=O)O)ccc2Cl)cc(OCC)c1O. The van der Waals surface area contributed by atoms with E-state index in [1.54, 1.807) is 24.4 Å². The summed E-state index contributed by atoms with van der Waals surface area (Å²) in [5.41, 5.74) is 1.80. The monoisotopic (exact) mass is 359 g/mol. The minimum absolute atomic E-state index is 0.0739. The largest absolute Gasteiger partial charge is 0.504 e. The number of carboxylic acid groups (broad SMARTS) is 1. The first-order valence-electron chi connectivity index (χ1n) is 7.62. The molecule has 6 heteroatoms. The van der Waals surface area contributed by atoms with Gasteiger partial charge in [0.15, 0.2) is 11.5 Å². The zero-order valence-corrected chi connectivity index (χ0v) is 14.5. The Hall–Kier alpha value is -2.79. The van der Waals surface area contributed by atoms with E-state index in [0.717, 1.165) is 0 Å². The van der Waals surface area contributed by atoms with E-state index in [-0.39, 0.29) is 11.3 Å². The maximum Gasteiger partial charge on any atom is 0.335 e. The molecule has 0 aliphatic heterocycles. The van der Waals surface area contributed by atoms with Gasteiger partial charge in [-0.1, -0.05) is 17.7 Å². The van der Waals surface area contributed by atoms with E-state index in [1.165, 1.54) is 18.2 Å². The van der Waals surface area contributed by atoms with Crippen molar-refractivity contribution in [3.8, 4) is 11.5 Å². The lowest BCUT2D eigenvalue weighted by atomic mass is 10.1. The number of phenolic OH excluding ortho intramolecular Hbond substituents is 1. The second-order valence-corrected chi connectivity index (χ2v) is 5.59. The van der Waals surface area contributed by atoms with Crippen molar-refractivity contribution in [3.05, 3.63) is 64.7 Å². The summed E-state index contributed by atoms with van der Waals surface area (Å²) < 4.78 is 5.44. The first-order valence-corrected chi connectivity index (χ1v) is 8.00. The van der Waals surface area contributed by atoms with Crippen LogP contribution in [0.15, 0.2) is 48.0 Å². The van der Waals surface area contributed by atoms with E-state index >= 15 is 0 Å².